The molecule has 38 heavy (non-hydrogen) atoms. The molecule has 3 heterocycles. The van der Waals surface area contributed by atoms with Gasteiger partial charge in [-0.05, 0) is 56.3 Å². The smallest absolute Gasteiger partial charge is 0.213 e. The fraction of sp³-hybridized carbons (Fsp3) is 0.233. The zero-order valence-electron chi connectivity index (χ0n) is 21.5. The van der Waals surface area contributed by atoms with E-state index in [0.717, 1.165) is 38.1 Å². The summed E-state index contributed by atoms with van der Waals surface area (Å²) >= 11 is 4.73. The third-order valence-corrected chi connectivity index (χ3v) is 9.61. The number of benzene rings is 2. The number of aryl methyl sites for hydroxylation is 1. The number of rotatable bonds is 12. The maximum absolute atomic E-state index is 10.1. The van der Waals surface area contributed by atoms with Crippen molar-refractivity contribution in [2.24, 2.45) is 0 Å². The molecular formula is C30H30N2O3S3. The van der Waals surface area contributed by atoms with Gasteiger partial charge in [0.05, 0.1) is 15.8 Å². The predicted octanol–water partition coefficient (Wildman–Crippen LogP) is 7.35. The quantitative estimate of drug-likeness (QED) is 0.0397. The second-order valence-electron chi connectivity index (χ2n) is 8.76. The third-order valence-electron chi connectivity index (χ3n) is 6.61. The molecule has 8 heteroatoms. The van der Waals surface area contributed by atoms with Crippen molar-refractivity contribution in [2.75, 3.05) is 23.7 Å². The van der Waals surface area contributed by atoms with Crippen LogP contribution in [0.3, 0.4) is 0 Å². The van der Waals surface area contributed by atoms with Crippen LogP contribution in [0.15, 0.2) is 72.8 Å². The van der Waals surface area contributed by atoms with Gasteiger partial charge in [-0.25, -0.2) is 0 Å². The van der Waals surface area contributed by atoms with Crippen LogP contribution in [-0.4, -0.2) is 18.8 Å². The number of hydrogen-bond acceptors (Lipinski definition) is 7. The van der Waals surface area contributed by atoms with E-state index in [-0.39, 0.29) is 0 Å². The topological polar surface area (TPSA) is 48.6 Å². The van der Waals surface area contributed by atoms with Gasteiger partial charge < -0.3 is 10.2 Å². The molecule has 2 aromatic carbocycles. The van der Waals surface area contributed by atoms with Crippen LogP contribution in [-0.2, 0) is 15.9 Å². The van der Waals surface area contributed by atoms with Gasteiger partial charge in [-0.3, -0.25) is 5.04 Å². The molecule has 5 nitrogen and oxygen atoms in total. The number of para-hydroxylation sites is 2. The lowest BCUT2D eigenvalue weighted by Crippen LogP contribution is -2.36. The molecular weight excluding hydrogens is 533 g/mol. The predicted molar refractivity (Wildman–Crippen MR) is 161 cm³/mol. The van der Waals surface area contributed by atoms with Crippen LogP contribution in [0.25, 0.3) is 43.7 Å². The van der Waals surface area contributed by atoms with E-state index in [9.17, 15) is 5.26 Å². The summed E-state index contributed by atoms with van der Waals surface area (Å²) in [6.07, 6.45) is 5.34. The number of aromatic nitrogens is 1. The Bertz CT molecular complexity index is 1480. The number of hydrogen-bond donors (Lipinski definition) is 0. The molecule has 5 rings (SSSR count). The van der Waals surface area contributed by atoms with Crippen molar-refractivity contribution in [3.8, 4) is 9.75 Å². The Balaban J connectivity index is 1.47. The first kappa shape index (κ1) is 26.9. The van der Waals surface area contributed by atoms with Gasteiger partial charge in [0.25, 0.3) is 0 Å². The van der Waals surface area contributed by atoms with Crippen LogP contribution in [0.1, 0.15) is 30.7 Å². The summed E-state index contributed by atoms with van der Waals surface area (Å²) in [6.45, 7) is 7.27. The molecule has 0 radical (unpaired) electrons. The van der Waals surface area contributed by atoms with Crippen molar-refractivity contribution in [3.63, 3.8) is 0 Å². The highest BCUT2D eigenvalue weighted by Gasteiger charge is 2.18. The first-order valence-electron chi connectivity index (χ1n) is 12.8. The summed E-state index contributed by atoms with van der Waals surface area (Å²) in [5.41, 5.74) is 3.59. The Morgan fingerprint density at radius 1 is 0.842 bits per heavy atom. The molecule has 196 valence electrons. The maximum atomic E-state index is 10.1. The van der Waals surface area contributed by atoms with Gasteiger partial charge in [0.2, 0.25) is 11.0 Å². The van der Waals surface area contributed by atoms with Gasteiger partial charge in [0.15, 0.2) is 6.54 Å². The number of pyridine rings is 1. The Morgan fingerprint density at radius 2 is 1.50 bits per heavy atom. The van der Waals surface area contributed by atoms with E-state index in [1.54, 1.807) is 0 Å². The summed E-state index contributed by atoms with van der Waals surface area (Å²) in [5.74, 6) is 0.668. The molecule has 0 aliphatic rings. The molecule has 0 atom stereocenters. The number of nitrogens with zero attached hydrogens (tertiary/aromatic N) is 2. The van der Waals surface area contributed by atoms with Crippen molar-refractivity contribution in [1.82, 2.24) is 0 Å². The number of thiophene rings is 2. The van der Waals surface area contributed by atoms with Gasteiger partial charge in [0.1, 0.15) is 0 Å². The lowest BCUT2D eigenvalue weighted by Gasteiger charge is -2.17. The lowest BCUT2D eigenvalue weighted by atomic mass is 10.0. The largest absolute Gasteiger partial charge is 0.691 e. The van der Waals surface area contributed by atoms with E-state index in [1.165, 1.54) is 47.0 Å². The zero-order valence-corrected chi connectivity index (χ0v) is 23.9. The van der Waals surface area contributed by atoms with Crippen molar-refractivity contribution >= 4 is 73.7 Å². The monoisotopic (exact) mass is 562 g/mol. The fourth-order valence-corrected chi connectivity index (χ4v) is 7.30. The second kappa shape index (κ2) is 12.9. The van der Waals surface area contributed by atoms with Crippen molar-refractivity contribution in [1.29, 1.82) is 0 Å². The highest BCUT2D eigenvalue weighted by molar-refractivity contribution is 7.94. The van der Waals surface area contributed by atoms with Gasteiger partial charge in [-0.2, -0.15) is 8.90 Å². The Morgan fingerprint density at radius 3 is 2.18 bits per heavy atom. The average molecular weight is 563 g/mol. The first-order valence-corrected chi connectivity index (χ1v) is 15.3. The van der Waals surface area contributed by atoms with Crippen LogP contribution in [0.2, 0.25) is 0 Å². The molecule has 0 aliphatic carbocycles. The van der Waals surface area contributed by atoms with Gasteiger partial charge >= 0.3 is 0 Å². The molecule has 0 saturated carbocycles. The number of anilines is 1. The Hall–Kier alpha value is -2.72. The number of fused-ring (bicyclic) bond motifs is 2. The van der Waals surface area contributed by atoms with E-state index in [2.05, 4.69) is 118 Å². The minimum absolute atomic E-state index is 0.668. The molecule has 3 aromatic heterocycles. The van der Waals surface area contributed by atoms with E-state index in [0.29, 0.717) is 5.75 Å². The minimum atomic E-state index is 0.668. The van der Waals surface area contributed by atoms with E-state index in [4.69, 9.17) is 0 Å². The van der Waals surface area contributed by atoms with Crippen LogP contribution in [0.4, 0.5) is 5.00 Å². The van der Waals surface area contributed by atoms with Gasteiger partial charge in [-0.15, -0.1) is 22.7 Å². The van der Waals surface area contributed by atoms with Gasteiger partial charge in [-0.1, -0.05) is 30.3 Å². The highest BCUT2D eigenvalue weighted by atomic mass is 32.2. The van der Waals surface area contributed by atoms with Crippen LogP contribution in [0.5, 0.6) is 0 Å². The normalized spacial score (nSPS) is 11.8. The van der Waals surface area contributed by atoms with Crippen LogP contribution >= 0.6 is 34.7 Å². The summed E-state index contributed by atoms with van der Waals surface area (Å²) in [6, 6.07) is 26.0. The summed E-state index contributed by atoms with van der Waals surface area (Å²) < 4.78 is 6.79. The molecule has 0 unspecified atom stereocenters. The summed E-state index contributed by atoms with van der Waals surface area (Å²) in [5, 5.41) is 17.3. The minimum Gasteiger partial charge on any atom is -0.691 e. The molecule has 5 aromatic rings. The van der Waals surface area contributed by atoms with Crippen LogP contribution < -0.4 is 14.7 Å². The van der Waals surface area contributed by atoms with Crippen molar-refractivity contribution in [2.45, 2.75) is 26.8 Å². The van der Waals surface area contributed by atoms with E-state index in [1.807, 2.05) is 22.7 Å². The SMILES string of the molecule is CCN(CC)c1ccc(-c2ccc(/C=C/c3c4ccccc4[n+](CCCSOO[O-])c4ccccc34)s2)s1. The fourth-order valence-electron chi connectivity index (χ4n) is 4.81. The van der Waals surface area contributed by atoms with Gasteiger partial charge in [0, 0.05) is 69.6 Å². The maximum Gasteiger partial charge on any atom is 0.213 e. The molecule has 0 N–H and O–H groups in total. The molecule has 0 fully saturated rings. The lowest BCUT2D eigenvalue weighted by molar-refractivity contribution is -0.777. The molecule has 0 saturated heterocycles. The average Bonchev–Trinajstić information content (AvgIpc) is 3.63. The highest BCUT2D eigenvalue weighted by Crippen LogP contribution is 2.38. The van der Waals surface area contributed by atoms with Crippen LogP contribution in [0, 0.1) is 0 Å². The van der Waals surface area contributed by atoms with Crippen molar-refractivity contribution in [3.05, 3.63) is 83.2 Å². The standard InChI is InChI=1S/C30H30N2O3S3/c1-3-31(4-2)30-19-18-29(38-30)28-17-15-22(37-28)14-16-23-24-10-5-7-12-26(24)32(20-9-21-36-35-34-33)27-13-8-6-11-25(23)27/h5-8,10-19H,3-4,9,20-21H2,1-2H3. The van der Waals surface area contributed by atoms with E-state index >= 15 is 0 Å². The second-order valence-corrected chi connectivity index (χ2v) is 11.7. The first-order chi connectivity index (χ1) is 18.7. The Labute approximate surface area is 235 Å². The van der Waals surface area contributed by atoms with Crippen molar-refractivity contribution < 1.29 is 19.2 Å². The third kappa shape index (κ3) is 5.81. The summed E-state index contributed by atoms with van der Waals surface area (Å²) in [4.78, 5) is 6.26. The Kier molecular flexibility index (Phi) is 9.11. The molecule has 0 aliphatic heterocycles. The molecule has 0 spiro atoms. The zero-order chi connectivity index (χ0) is 26.3. The summed E-state index contributed by atoms with van der Waals surface area (Å²) in [7, 11) is 0. The van der Waals surface area contributed by atoms with E-state index < -0.39 is 0 Å². The molecule has 0 bridgehead atoms. The molecule has 0 amide bonds.